The lowest BCUT2D eigenvalue weighted by atomic mass is 10.1. The van der Waals surface area contributed by atoms with Crippen LogP contribution in [0.5, 0.6) is 0 Å². The number of alkyl halides is 3. The highest BCUT2D eigenvalue weighted by molar-refractivity contribution is 6.67. The van der Waals surface area contributed by atoms with Gasteiger partial charge < -0.3 is 19.4 Å². The molecule has 0 bridgehead atoms. The number of halogens is 3. The van der Waals surface area contributed by atoms with Crippen molar-refractivity contribution in [2.24, 2.45) is 0 Å². The lowest BCUT2D eigenvalue weighted by molar-refractivity contribution is 0.0520. The fourth-order valence-corrected chi connectivity index (χ4v) is 2.30. The molecule has 1 aliphatic heterocycles. The van der Waals surface area contributed by atoms with Crippen LogP contribution in [0.1, 0.15) is 28.7 Å². The number of esters is 1. The van der Waals surface area contributed by atoms with Crippen LogP contribution in [0.3, 0.4) is 0 Å². The van der Waals surface area contributed by atoms with Crippen LogP contribution in [0.2, 0.25) is 0 Å². The maximum atomic E-state index is 11.9. The first kappa shape index (κ1) is 17.2. The summed E-state index contributed by atoms with van der Waals surface area (Å²) in [7, 11) is 0. The van der Waals surface area contributed by atoms with E-state index in [0.717, 1.165) is 11.3 Å². The van der Waals surface area contributed by atoms with Crippen molar-refractivity contribution in [2.75, 3.05) is 19.8 Å². The Balaban J connectivity index is 1.99. The minimum absolute atomic E-state index is 0.299. The van der Waals surface area contributed by atoms with E-state index in [-0.39, 0.29) is 6.61 Å². The van der Waals surface area contributed by atoms with Gasteiger partial charge in [-0.1, -0.05) is 34.8 Å². The number of amides is 1. The Hall–Kier alpha value is -1.11. The van der Waals surface area contributed by atoms with Gasteiger partial charge in [0.2, 0.25) is 3.79 Å². The molecule has 1 amide bonds. The Morgan fingerprint density at radius 1 is 1.36 bits per heavy atom. The molecule has 2 rings (SSSR count). The molecule has 0 fully saturated rings. The predicted molar refractivity (Wildman–Crippen MR) is 82.5 cm³/mol. The second kappa shape index (κ2) is 6.98. The minimum atomic E-state index is -1.64. The molecule has 0 atom stereocenters. The number of ether oxygens (including phenoxy) is 2. The number of fused-ring (bicyclic) bond motifs is 1. The van der Waals surface area contributed by atoms with Crippen LogP contribution < -0.4 is 0 Å². The van der Waals surface area contributed by atoms with Crippen molar-refractivity contribution < 1.29 is 19.1 Å². The van der Waals surface area contributed by atoms with Gasteiger partial charge >= 0.3 is 12.1 Å². The summed E-state index contributed by atoms with van der Waals surface area (Å²) in [4.78, 5) is 28.1. The summed E-state index contributed by atoms with van der Waals surface area (Å²) in [6, 6.07) is 1.75. The lowest BCUT2D eigenvalue weighted by Gasteiger charge is -2.26. The van der Waals surface area contributed by atoms with Crippen LogP contribution in [-0.2, 0) is 22.4 Å². The van der Waals surface area contributed by atoms with E-state index in [0.29, 0.717) is 31.8 Å². The summed E-state index contributed by atoms with van der Waals surface area (Å²) in [6.45, 7) is 2.49. The van der Waals surface area contributed by atoms with Crippen LogP contribution in [0.15, 0.2) is 6.07 Å². The molecule has 1 aromatic heterocycles. The third-order valence-electron chi connectivity index (χ3n) is 3.10. The Bertz CT molecular complexity index is 568. The van der Waals surface area contributed by atoms with Crippen LogP contribution in [0.4, 0.5) is 4.79 Å². The first-order valence-electron chi connectivity index (χ1n) is 6.66. The standard InChI is InChI=1S/C13H15Cl3N2O4/c1-2-21-11(19)9-5-8-3-4-18(6-10(8)17-9)12(20)22-7-13(14,15)16/h5,17H,2-4,6-7H2,1H3. The zero-order valence-corrected chi connectivity index (χ0v) is 14.1. The molecule has 9 heteroatoms. The fraction of sp³-hybridized carbons (Fsp3) is 0.538. The molecule has 0 radical (unpaired) electrons. The van der Waals surface area contributed by atoms with Crippen LogP contribution >= 0.6 is 34.8 Å². The Morgan fingerprint density at radius 2 is 2.09 bits per heavy atom. The molecule has 1 aliphatic rings. The molecule has 0 aromatic carbocycles. The number of rotatable bonds is 3. The van der Waals surface area contributed by atoms with Crippen LogP contribution in [-0.4, -0.2) is 45.5 Å². The maximum Gasteiger partial charge on any atom is 0.410 e. The number of hydrogen-bond donors (Lipinski definition) is 1. The van der Waals surface area contributed by atoms with Crippen molar-refractivity contribution >= 4 is 46.9 Å². The van der Waals surface area contributed by atoms with E-state index >= 15 is 0 Å². The summed E-state index contributed by atoms with van der Waals surface area (Å²) < 4.78 is 8.24. The van der Waals surface area contributed by atoms with Crippen molar-refractivity contribution in [1.29, 1.82) is 0 Å². The van der Waals surface area contributed by atoms with E-state index in [2.05, 4.69) is 4.98 Å². The second-order valence-electron chi connectivity index (χ2n) is 4.75. The molecule has 6 nitrogen and oxygen atoms in total. The highest BCUT2D eigenvalue weighted by atomic mass is 35.6. The van der Waals surface area contributed by atoms with E-state index in [4.69, 9.17) is 44.3 Å². The quantitative estimate of drug-likeness (QED) is 0.656. The van der Waals surface area contributed by atoms with Crippen molar-refractivity contribution in [3.05, 3.63) is 23.0 Å². The van der Waals surface area contributed by atoms with Gasteiger partial charge in [-0.3, -0.25) is 0 Å². The number of carbonyl (C=O) groups is 2. The first-order chi connectivity index (χ1) is 10.3. The van der Waals surface area contributed by atoms with E-state index in [1.54, 1.807) is 13.0 Å². The molecule has 122 valence electrons. The smallest absolute Gasteiger partial charge is 0.410 e. The van der Waals surface area contributed by atoms with Gasteiger partial charge in [0, 0.05) is 12.2 Å². The maximum absolute atomic E-state index is 11.9. The average molecular weight is 370 g/mol. The highest BCUT2D eigenvalue weighted by Crippen LogP contribution is 2.27. The van der Waals surface area contributed by atoms with E-state index in [1.165, 1.54) is 4.90 Å². The van der Waals surface area contributed by atoms with Gasteiger partial charge in [-0.25, -0.2) is 9.59 Å². The molecule has 0 spiro atoms. The third kappa shape index (κ3) is 4.44. The van der Waals surface area contributed by atoms with Gasteiger partial charge in [0.05, 0.1) is 13.2 Å². The number of nitrogens with zero attached hydrogens (tertiary/aromatic N) is 1. The van der Waals surface area contributed by atoms with E-state index < -0.39 is 15.9 Å². The van der Waals surface area contributed by atoms with Crippen molar-refractivity contribution in [3.63, 3.8) is 0 Å². The second-order valence-corrected chi connectivity index (χ2v) is 7.26. The summed E-state index contributed by atoms with van der Waals surface area (Å²) in [5.41, 5.74) is 2.14. The topological polar surface area (TPSA) is 71.6 Å². The molecule has 2 heterocycles. The number of nitrogens with one attached hydrogen (secondary N) is 1. The molecular weight excluding hydrogens is 355 g/mol. The van der Waals surface area contributed by atoms with Gasteiger partial charge in [0.25, 0.3) is 0 Å². The minimum Gasteiger partial charge on any atom is -0.461 e. The van der Waals surface area contributed by atoms with Crippen LogP contribution in [0.25, 0.3) is 0 Å². The van der Waals surface area contributed by atoms with Gasteiger partial charge in [-0.05, 0) is 25.0 Å². The van der Waals surface area contributed by atoms with E-state index in [9.17, 15) is 9.59 Å². The summed E-state index contributed by atoms with van der Waals surface area (Å²) in [6.07, 6.45) is 0.0398. The highest BCUT2D eigenvalue weighted by Gasteiger charge is 2.28. The molecule has 0 saturated carbocycles. The van der Waals surface area contributed by atoms with Gasteiger partial charge in [-0.2, -0.15) is 0 Å². The lowest BCUT2D eigenvalue weighted by Crippen LogP contribution is -2.37. The number of aromatic nitrogens is 1. The number of hydrogen-bond acceptors (Lipinski definition) is 4. The summed E-state index contributed by atoms with van der Waals surface area (Å²) in [5, 5.41) is 0. The fourth-order valence-electron chi connectivity index (χ4n) is 2.14. The average Bonchev–Trinajstić information content (AvgIpc) is 2.87. The number of aromatic amines is 1. The Kier molecular flexibility index (Phi) is 5.47. The first-order valence-corrected chi connectivity index (χ1v) is 7.80. The molecule has 1 aromatic rings. The van der Waals surface area contributed by atoms with Gasteiger partial charge in [0.15, 0.2) is 0 Å². The van der Waals surface area contributed by atoms with Gasteiger partial charge in [0.1, 0.15) is 12.3 Å². The molecule has 22 heavy (non-hydrogen) atoms. The molecule has 0 unspecified atom stereocenters. The number of carbonyl (C=O) groups excluding carboxylic acids is 2. The third-order valence-corrected chi connectivity index (χ3v) is 3.43. The molecule has 1 N–H and O–H groups in total. The van der Waals surface area contributed by atoms with Gasteiger partial charge in [-0.15, -0.1) is 0 Å². The van der Waals surface area contributed by atoms with Crippen LogP contribution in [0, 0.1) is 0 Å². The van der Waals surface area contributed by atoms with E-state index in [1.807, 2.05) is 0 Å². The summed E-state index contributed by atoms with van der Waals surface area (Å²) >= 11 is 16.6. The SMILES string of the molecule is CCOC(=O)c1cc2c([nH]1)CN(C(=O)OCC(Cl)(Cl)Cl)CC2. The Morgan fingerprint density at radius 3 is 2.73 bits per heavy atom. The normalized spacial score (nSPS) is 14.5. The molecule has 0 saturated heterocycles. The zero-order chi connectivity index (χ0) is 16.3. The monoisotopic (exact) mass is 368 g/mol. The Labute approximate surface area is 142 Å². The summed E-state index contributed by atoms with van der Waals surface area (Å²) in [5.74, 6) is -0.415. The largest absolute Gasteiger partial charge is 0.461 e. The molecular formula is C13H15Cl3N2O4. The molecule has 0 aliphatic carbocycles. The number of H-pyrrole nitrogens is 1. The van der Waals surface area contributed by atoms with Crippen molar-refractivity contribution in [3.8, 4) is 0 Å². The zero-order valence-electron chi connectivity index (χ0n) is 11.8. The van der Waals surface area contributed by atoms with Crippen molar-refractivity contribution in [2.45, 2.75) is 23.7 Å². The predicted octanol–water partition coefficient (Wildman–Crippen LogP) is 3.06. The van der Waals surface area contributed by atoms with Crippen molar-refractivity contribution in [1.82, 2.24) is 9.88 Å².